The van der Waals surface area contributed by atoms with Gasteiger partial charge in [0.25, 0.3) is 0 Å². The summed E-state index contributed by atoms with van der Waals surface area (Å²) in [7, 11) is 0. The van der Waals surface area contributed by atoms with Crippen molar-refractivity contribution in [2.45, 2.75) is 39.7 Å². The lowest BCUT2D eigenvalue weighted by Crippen LogP contribution is -2.25. The highest BCUT2D eigenvalue weighted by molar-refractivity contribution is 5.56. The van der Waals surface area contributed by atoms with Crippen LogP contribution in [0.2, 0.25) is 0 Å². The van der Waals surface area contributed by atoms with Gasteiger partial charge in [-0.25, -0.2) is 0 Å². The molecule has 0 unspecified atom stereocenters. The van der Waals surface area contributed by atoms with Gasteiger partial charge in [-0.3, -0.25) is 4.90 Å². The number of hydrogen-bond donors (Lipinski definition) is 1. The molecule has 1 heterocycles. The summed E-state index contributed by atoms with van der Waals surface area (Å²) in [5.74, 6) is 0. The molecule has 0 bridgehead atoms. The first-order valence-electron chi connectivity index (χ1n) is 6.92. The topological polar surface area (TPSA) is 15.3 Å². The van der Waals surface area contributed by atoms with Gasteiger partial charge in [0.05, 0.1) is 0 Å². The van der Waals surface area contributed by atoms with Crippen LogP contribution in [-0.4, -0.2) is 24.5 Å². The summed E-state index contributed by atoms with van der Waals surface area (Å²) in [6, 6.07) is 6.70. The van der Waals surface area contributed by atoms with Gasteiger partial charge < -0.3 is 5.32 Å². The standard InChI is InChI=1S/C15H24N2/c1-3-11-17(4-2)12-13-7-5-9-15-14(13)8-6-10-16-15/h5,7,9,16H,3-4,6,8,10-12H2,1-2H3. The lowest BCUT2D eigenvalue weighted by molar-refractivity contribution is 0.280. The molecular formula is C15H24N2. The van der Waals surface area contributed by atoms with Crippen molar-refractivity contribution >= 4 is 5.69 Å². The predicted molar refractivity (Wildman–Crippen MR) is 74.5 cm³/mol. The molecule has 0 saturated carbocycles. The Bertz CT molecular complexity index is 360. The van der Waals surface area contributed by atoms with Crippen LogP contribution >= 0.6 is 0 Å². The van der Waals surface area contributed by atoms with Crippen molar-refractivity contribution in [3.63, 3.8) is 0 Å². The number of benzene rings is 1. The molecule has 1 aliphatic rings. The molecule has 1 aromatic rings. The summed E-state index contributed by atoms with van der Waals surface area (Å²) in [5, 5.41) is 3.51. The van der Waals surface area contributed by atoms with Crippen LogP contribution in [0.4, 0.5) is 5.69 Å². The summed E-state index contributed by atoms with van der Waals surface area (Å²) in [6.07, 6.45) is 3.74. The lowest BCUT2D eigenvalue weighted by atomic mass is 9.97. The highest BCUT2D eigenvalue weighted by atomic mass is 15.1. The fourth-order valence-electron chi connectivity index (χ4n) is 2.64. The molecule has 0 fully saturated rings. The molecule has 0 saturated heterocycles. The molecule has 0 amide bonds. The third-order valence-corrected chi connectivity index (χ3v) is 3.57. The molecule has 2 nitrogen and oxygen atoms in total. The monoisotopic (exact) mass is 232 g/mol. The van der Waals surface area contributed by atoms with E-state index in [2.05, 4.69) is 42.3 Å². The Balaban J connectivity index is 2.14. The summed E-state index contributed by atoms with van der Waals surface area (Å²) < 4.78 is 0. The van der Waals surface area contributed by atoms with Crippen LogP contribution < -0.4 is 5.32 Å². The number of rotatable bonds is 5. The van der Waals surface area contributed by atoms with E-state index in [1.54, 1.807) is 5.56 Å². The largest absolute Gasteiger partial charge is 0.385 e. The van der Waals surface area contributed by atoms with Gasteiger partial charge in [0, 0.05) is 18.8 Å². The quantitative estimate of drug-likeness (QED) is 0.838. The van der Waals surface area contributed by atoms with Gasteiger partial charge in [0.2, 0.25) is 0 Å². The molecule has 0 spiro atoms. The fraction of sp³-hybridized carbons (Fsp3) is 0.600. The maximum Gasteiger partial charge on any atom is 0.0375 e. The molecule has 0 atom stereocenters. The molecule has 2 heteroatoms. The maximum atomic E-state index is 3.51. The maximum absolute atomic E-state index is 3.51. The third-order valence-electron chi connectivity index (χ3n) is 3.57. The highest BCUT2D eigenvalue weighted by Crippen LogP contribution is 2.26. The van der Waals surface area contributed by atoms with E-state index >= 15 is 0 Å². The Hall–Kier alpha value is -1.02. The normalized spacial score (nSPS) is 14.5. The Morgan fingerprint density at radius 1 is 1.29 bits per heavy atom. The Morgan fingerprint density at radius 3 is 2.94 bits per heavy atom. The third kappa shape index (κ3) is 3.01. The van der Waals surface area contributed by atoms with Crippen LogP contribution in [0.3, 0.4) is 0 Å². The van der Waals surface area contributed by atoms with E-state index in [0.717, 1.165) is 19.6 Å². The molecular weight excluding hydrogens is 208 g/mol. The molecule has 1 aliphatic heterocycles. The van der Waals surface area contributed by atoms with Gasteiger partial charge in [-0.05, 0) is 49.5 Å². The van der Waals surface area contributed by atoms with Crippen LogP contribution in [0.5, 0.6) is 0 Å². The SMILES string of the molecule is CCCN(CC)Cc1cccc2c1CCCN2. The Kier molecular flexibility index (Phi) is 4.43. The zero-order valence-corrected chi connectivity index (χ0v) is 11.1. The summed E-state index contributed by atoms with van der Waals surface area (Å²) in [5.41, 5.74) is 4.43. The van der Waals surface area contributed by atoms with Crippen molar-refractivity contribution in [3.8, 4) is 0 Å². The first-order chi connectivity index (χ1) is 8.35. The lowest BCUT2D eigenvalue weighted by Gasteiger charge is -2.25. The zero-order chi connectivity index (χ0) is 12.1. The van der Waals surface area contributed by atoms with Gasteiger partial charge >= 0.3 is 0 Å². The van der Waals surface area contributed by atoms with E-state index in [4.69, 9.17) is 0 Å². The van der Waals surface area contributed by atoms with Gasteiger partial charge in [0.15, 0.2) is 0 Å². The van der Waals surface area contributed by atoms with E-state index in [1.165, 1.54) is 37.1 Å². The Labute approximate surface area is 105 Å². The first kappa shape index (κ1) is 12.4. The molecule has 1 aromatic carbocycles. The Morgan fingerprint density at radius 2 is 2.18 bits per heavy atom. The average Bonchev–Trinajstić information content (AvgIpc) is 2.38. The van der Waals surface area contributed by atoms with E-state index in [-0.39, 0.29) is 0 Å². The van der Waals surface area contributed by atoms with Gasteiger partial charge in [-0.15, -0.1) is 0 Å². The van der Waals surface area contributed by atoms with Crippen molar-refractivity contribution in [1.29, 1.82) is 0 Å². The van der Waals surface area contributed by atoms with E-state index < -0.39 is 0 Å². The van der Waals surface area contributed by atoms with Crippen LogP contribution in [0.1, 0.15) is 37.8 Å². The van der Waals surface area contributed by atoms with Crippen LogP contribution in [0, 0.1) is 0 Å². The number of nitrogens with one attached hydrogen (secondary N) is 1. The fourth-order valence-corrected chi connectivity index (χ4v) is 2.64. The number of nitrogens with zero attached hydrogens (tertiary/aromatic N) is 1. The van der Waals surface area contributed by atoms with Crippen molar-refractivity contribution < 1.29 is 0 Å². The van der Waals surface area contributed by atoms with E-state index in [9.17, 15) is 0 Å². The van der Waals surface area contributed by atoms with Gasteiger partial charge in [-0.2, -0.15) is 0 Å². The summed E-state index contributed by atoms with van der Waals surface area (Å²) in [6.45, 7) is 9.09. The summed E-state index contributed by atoms with van der Waals surface area (Å²) >= 11 is 0. The second-order valence-electron chi connectivity index (χ2n) is 4.84. The number of hydrogen-bond acceptors (Lipinski definition) is 2. The second kappa shape index (κ2) is 6.06. The first-order valence-corrected chi connectivity index (χ1v) is 6.92. The molecule has 17 heavy (non-hydrogen) atoms. The summed E-state index contributed by atoms with van der Waals surface area (Å²) in [4.78, 5) is 2.53. The zero-order valence-electron chi connectivity index (χ0n) is 11.1. The molecule has 0 aliphatic carbocycles. The molecule has 94 valence electrons. The minimum Gasteiger partial charge on any atom is -0.385 e. The van der Waals surface area contributed by atoms with E-state index in [0.29, 0.717) is 0 Å². The van der Waals surface area contributed by atoms with E-state index in [1.807, 2.05) is 0 Å². The van der Waals surface area contributed by atoms with Crippen LogP contribution in [0.15, 0.2) is 18.2 Å². The molecule has 0 radical (unpaired) electrons. The van der Waals surface area contributed by atoms with Crippen LogP contribution in [-0.2, 0) is 13.0 Å². The smallest absolute Gasteiger partial charge is 0.0375 e. The minimum atomic E-state index is 1.11. The second-order valence-corrected chi connectivity index (χ2v) is 4.84. The van der Waals surface area contributed by atoms with Crippen molar-refractivity contribution in [3.05, 3.63) is 29.3 Å². The predicted octanol–water partition coefficient (Wildman–Crippen LogP) is 3.28. The van der Waals surface area contributed by atoms with Crippen molar-refractivity contribution in [2.24, 2.45) is 0 Å². The average molecular weight is 232 g/mol. The van der Waals surface area contributed by atoms with Crippen molar-refractivity contribution in [1.82, 2.24) is 4.90 Å². The van der Waals surface area contributed by atoms with Gasteiger partial charge in [-0.1, -0.05) is 26.0 Å². The van der Waals surface area contributed by atoms with Crippen LogP contribution in [0.25, 0.3) is 0 Å². The minimum absolute atomic E-state index is 1.11. The number of fused-ring (bicyclic) bond motifs is 1. The highest BCUT2D eigenvalue weighted by Gasteiger charge is 2.13. The molecule has 2 rings (SSSR count). The van der Waals surface area contributed by atoms with Crippen molar-refractivity contribution in [2.75, 3.05) is 25.0 Å². The number of anilines is 1. The van der Waals surface area contributed by atoms with Gasteiger partial charge in [0.1, 0.15) is 0 Å². The molecule has 0 aromatic heterocycles. The molecule has 1 N–H and O–H groups in total.